The van der Waals surface area contributed by atoms with Gasteiger partial charge in [0.2, 0.25) is 21.8 Å². The summed E-state index contributed by atoms with van der Waals surface area (Å²) in [5, 5.41) is 4.25. The van der Waals surface area contributed by atoms with Crippen LogP contribution in [-0.2, 0) is 32.6 Å². The average Bonchev–Trinajstić information content (AvgIpc) is 3.02. The van der Waals surface area contributed by atoms with E-state index in [9.17, 15) is 18.0 Å². The fourth-order valence-corrected chi connectivity index (χ4v) is 7.49. The van der Waals surface area contributed by atoms with E-state index in [0.717, 1.165) is 43.9 Å². The summed E-state index contributed by atoms with van der Waals surface area (Å²) < 4.78 is 32.0. The van der Waals surface area contributed by atoms with Crippen molar-refractivity contribution in [2.75, 3.05) is 24.2 Å². The molecule has 0 saturated heterocycles. The van der Waals surface area contributed by atoms with Crippen LogP contribution in [0.1, 0.15) is 56.1 Å². The fourth-order valence-electron chi connectivity index (χ4n) is 5.77. The molecule has 1 fully saturated rings. The maximum atomic E-state index is 14.2. The Balaban J connectivity index is 1.62. The maximum absolute atomic E-state index is 14.2. The summed E-state index contributed by atoms with van der Waals surface area (Å²) in [6, 6.07) is 18.6. The van der Waals surface area contributed by atoms with Gasteiger partial charge in [-0.25, -0.2) is 8.42 Å². The Bertz CT molecular complexity index is 1580. The number of rotatable bonds is 14. The standard InChI is InChI=1S/C34H40Cl3N3O5S/c1-45-32-19-18-26(22-30(32)37)40(46(2,43)44)20-10-17-33(41)39(23-27-28(35)15-9-16-29(27)36)31(21-24-11-5-3-6-12-24)34(42)38-25-13-7-4-8-14-25/h3,5-6,9,11-12,15-16,18-19,22,25,31H,4,7-8,10,13-14,17,20-21,23H2,1-2H3,(H,38,42)/t31-/m1/s1. The Labute approximate surface area is 287 Å². The molecule has 2 amide bonds. The van der Waals surface area contributed by atoms with Crippen LogP contribution in [0.2, 0.25) is 15.1 Å². The van der Waals surface area contributed by atoms with Crippen LogP contribution in [0.3, 0.4) is 0 Å². The summed E-state index contributed by atoms with van der Waals surface area (Å²) >= 11 is 19.4. The highest BCUT2D eigenvalue weighted by molar-refractivity contribution is 7.92. The first-order chi connectivity index (χ1) is 22.0. The second-order valence-electron chi connectivity index (χ2n) is 11.5. The van der Waals surface area contributed by atoms with Gasteiger partial charge in [0.05, 0.1) is 24.1 Å². The molecule has 1 aliphatic carbocycles. The molecule has 3 aromatic carbocycles. The monoisotopic (exact) mass is 707 g/mol. The number of carbonyl (C=O) groups is 2. The molecule has 46 heavy (non-hydrogen) atoms. The van der Waals surface area contributed by atoms with E-state index in [1.54, 1.807) is 30.3 Å². The van der Waals surface area contributed by atoms with Gasteiger partial charge in [-0.3, -0.25) is 13.9 Å². The molecule has 3 aromatic rings. The van der Waals surface area contributed by atoms with Gasteiger partial charge < -0.3 is 15.0 Å². The van der Waals surface area contributed by atoms with E-state index >= 15 is 0 Å². The predicted octanol–water partition coefficient (Wildman–Crippen LogP) is 7.29. The molecule has 4 rings (SSSR count). The van der Waals surface area contributed by atoms with Crippen LogP contribution >= 0.6 is 34.8 Å². The number of methoxy groups -OCH3 is 1. The molecule has 0 radical (unpaired) electrons. The van der Waals surface area contributed by atoms with E-state index in [2.05, 4.69) is 5.32 Å². The van der Waals surface area contributed by atoms with Crippen molar-refractivity contribution in [1.82, 2.24) is 10.2 Å². The number of anilines is 1. The Morgan fingerprint density at radius 1 is 0.935 bits per heavy atom. The molecule has 1 N–H and O–H groups in total. The van der Waals surface area contributed by atoms with Crippen LogP contribution in [-0.4, -0.2) is 57.1 Å². The van der Waals surface area contributed by atoms with Gasteiger partial charge in [0, 0.05) is 47.6 Å². The fraction of sp³-hybridized carbons (Fsp3) is 0.412. The lowest BCUT2D eigenvalue weighted by Crippen LogP contribution is -2.53. The molecule has 248 valence electrons. The lowest BCUT2D eigenvalue weighted by molar-refractivity contribution is -0.141. The van der Waals surface area contributed by atoms with Gasteiger partial charge in [-0.05, 0) is 55.2 Å². The minimum Gasteiger partial charge on any atom is -0.495 e. The number of hydrogen-bond acceptors (Lipinski definition) is 5. The second-order valence-corrected chi connectivity index (χ2v) is 14.7. The summed E-state index contributed by atoms with van der Waals surface area (Å²) in [6.45, 7) is 0.0301. The van der Waals surface area contributed by atoms with Crippen LogP contribution in [0, 0.1) is 0 Å². The molecule has 0 aliphatic heterocycles. The highest BCUT2D eigenvalue weighted by Crippen LogP contribution is 2.31. The molecule has 0 heterocycles. The van der Waals surface area contributed by atoms with Gasteiger partial charge >= 0.3 is 0 Å². The largest absolute Gasteiger partial charge is 0.495 e. The Kier molecular flexibility index (Phi) is 13.0. The van der Waals surface area contributed by atoms with Gasteiger partial charge in [0.15, 0.2) is 0 Å². The predicted molar refractivity (Wildman–Crippen MR) is 185 cm³/mol. The minimum atomic E-state index is -3.71. The molecule has 1 aliphatic rings. The zero-order valence-corrected chi connectivity index (χ0v) is 29.1. The number of ether oxygens (including phenoxy) is 1. The first-order valence-corrected chi connectivity index (χ1v) is 18.3. The molecule has 1 saturated carbocycles. The molecule has 0 spiro atoms. The van der Waals surface area contributed by atoms with Gasteiger partial charge in [-0.2, -0.15) is 0 Å². The van der Waals surface area contributed by atoms with Crippen LogP contribution in [0.15, 0.2) is 66.7 Å². The van der Waals surface area contributed by atoms with E-state index in [0.29, 0.717) is 27.0 Å². The average molecular weight is 709 g/mol. The van der Waals surface area contributed by atoms with E-state index in [1.165, 1.54) is 22.4 Å². The smallest absolute Gasteiger partial charge is 0.243 e. The summed E-state index contributed by atoms with van der Waals surface area (Å²) in [7, 11) is -2.23. The second kappa shape index (κ2) is 16.7. The van der Waals surface area contributed by atoms with Gasteiger partial charge in [0.25, 0.3) is 0 Å². The number of nitrogens with zero attached hydrogens (tertiary/aromatic N) is 2. The normalized spacial score (nSPS) is 14.4. The molecule has 12 heteroatoms. The molecule has 8 nitrogen and oxygen atoms in total. The van der Waals surface area contributed by atoms with Crippen molar-refractivity contribution in [3.05, 3.63) is 92.9 Å². The zero-order valence-electron chi connectivity index (χ0n) is 26.1. The Morgan fingerprint density at radius 3 is 2.22 bits per heavy atom. The SMILES string of the molecule is COc1ccc(N(CCCC(=O)N(Cc2c(Cl)cccc2Cl)[C@H](Cc2ccccc2)C(=O)NC2CCCCC2)S(C)(=O)=O)cc1Cl. The van der Waals surface area contributed by atoms with Crippen LogP contribution < -0.4 is 14.4 Å². The summed E-state index contributed by atoms with van der Waals surface area (Å²) in [5.41, 5.74) is 1.79. The van der Waals surface area contributed by atoms with Gasteiger partial charge in [-0.15, -0.1) is 0 Å². The maximum Gasteiger partial charge on any atom is 0.243 e. The Morgan fingerprint density at radius 2 is 1.61 bits per heavy atom. The van der Waals surface area contributed by atoms with Crippen molar-refractivity contribution in [2.24, 2.45) is 0 Å². The number of carbonyl (C=O) groups excluding carboxylic acids is 2. The van der Waals surface area contributed by atoms with Crippen molar-refractivity contribution in [3.8, 4) is 5.75 Å². The number of sulfonamides is 1. The number of benzene rings is 3. The topological polar surface area (TPSA) is 96.0 Å². The third-order valence-corrected chi connectivity index (χ3v) is 10.4. The molecular weight excluding hydrogens is 669 g/mol. The third kappa shape index (κ3) is 9.77. The number of halogens is 3. The van der Waals surface area contributed by atoms with Crippen molar-refractivity contribution in [2.45, 2.75) is 70.0 Å². The minimum absolute atomic E-state index is 0.0107. The Hall–Kier alpha value is -2.98. The summed E-state index contributed by atoms with van der Waals surface area (Å²) in [6.07, 6.45) is 6.56. The first-order valence-electron chi connectivity index (χ1n) is 15.4. The molecule has 0 unspecified atom stereocenters. The molecular formula is C34H40Cl3N3O5S. The van der Waals surface area contributed by atoms with Crippen molar-refractivity contribution >= 4 is 62.3 Å². The van der Waals surface area contributed by atoms with Crippen LogP contribution in [0.4, 0.5) is 5.69 Å². The van der Waals surface area contributed by atoms with Crippen molar-refractivity contribution in [1.29, 1.82) is 0 Å². The van der Waals surface area contributed by atoms with Crippen LogP contribution in [0.5, 0.6) is 5.75 Å². The lowest BCUT2D eigenvalue weighted by Gasteiger charge is -2.34. The quantitative estimate of drug-likeness (QED) is 0.190. The van der Waals surface area contributed by atoms with Crippen LogP contribution in [0.25, 0.3) is 0 Å². The van der Waals surface area contributed by atoms with Gasteiger partial charge in [0.1, 0.15) is 11.8 Å². The van der Waals surface area contributed by atoms with E-state index in [1.807, 2.05) is 30.3 Å². The number of amides is 2. The van der Waals surface area contributed by atoms with E-state index in [4.69, 9.17) is 39.5 Å². The van der Waals surface area contributed by atoms with E-state index < -0.39 is 16.1 Å². The number of nitrogens with one attached hydrogen (secondary N) is 1. The molecule has 1 atom stereocenters. The number of hydrogen-bond donors (Lipinski definition) is 1. The zero-order chi connectivity index (χ0) is 33.3. The molecule has 0 aromatic heterocycles. The van der Waals surface area contributed by atoms with Crippen molar-refractivity contribution in [3.63, 3.8) is 0 Å². The molecule has 0 bridgehead atoms. The van der Waals surface area contributed by atoms with Crippen molar-refractivity contribution < 1.29 is 22.7 Å². The van der Waals surface area contributed by atoms with E-state index in [-0.39, 0.29) is 55.2 Å². The van der Waals surface area contributed by atoms with Gasteiger partial charge in [-0.1, -0.05) is 90.5 Å². The first kappa shape index (κ1) is 35.9. The highest BCUT2D eigenvalue weighted by Gasteiger charge is 2.33. The third-order valence-electron chi connectivity index (χ3n) is 8.19. The lowest BCUT2D eigenvalue weighted by atomic mass is 9.94. The highest BCUT2D eigenvalue weighted by atomic mass is 35.5. The summed E-state index contributed by atoms with van der Waals surface area (Å²) in [5.74, 6) is -0.145. The summed E-state index contributed by atoms with van der Waals surface area (Å²) in [4.78, 5) is 29.7.